The Morgan fingerprint density at radius 1 is 0.315 bits per heavy atom. The maximum atomic E-state index is 2.42. The highest BCUT2D eigenvalue weighted by Crippen LogP contribution is 2.44. The SMILES string of the molecule is c1ccc(-c2ccc(-c3ccc(N(c4ccc(-c5ccccc5)cc4)c4cccc5c4c4ccccc4n5-c4ccc5ccccc5c4)cc3)cc2)cc1. The van der Waals surface area contributed by atoms with Gasteiger partial charge in [0.05, 0.1) is 16.7 Å². The molecule has 0 aliphatic carbocycles. The van der Waals surface area contributed by atoms with Gasteiger partial charge in [-0.2, -0.15) is 0 Å². The van der Waals surface area contributed by atoms with Crippen molar-refractivity contribution < 1.29 is 0 Å². The summed E-state index contributed by atoms with van der Waals surface area (Å²) in [6.45, 7) is 0. The number of fused-ring (bicyclic) bond motifs is 4. The van der Waals surface area contributed by atoms with Crippen LogP contribution >= 0.6 is 0 Å². The summed E-state index contributed by atoms with van der Waals surface area (Å²) in [7, 11) is 0. The van der Waals surface area contributed by atoms with Gasteiger partial charge in [-0.25, -0.2) is 0 Å². The topological polar surface area (TPSA) is 8.17 Å². The van der Waals surface area contributed by atoms with Crippen molar-refractivity contribution in [2.75, 3.05) is 4.90 Å². The predicted octanol–water partition coefficient (Wildman–Crippen LogP) is 14.4. The number of rotatable bonds is 7. The Balaban J connectivity index is 1.13. The molecule has 0 saturated heterocycles. The van der Waals surface area contributed by atoms with Gasteiger partial charge in [0.15, 0.2) is 0 Å². The number of hydrogen-bond acceptors (Lipinski definition) is 1. The fraction of sp³-hybridized carbons (Fsp3) is 0. The van der Waals surface area contributed by atoms with Crippen LogP contribution in [0.25, 0.3) is 71.6 Å². The fourth-order valence-corrected chi connectivity index (χ4v) is 7.93. The molecule has 2 nitrogen and oxygen atoms in total. The van der Waals surface area contributed by atoms with Crippen molar-refractivity contribution in [2.45, 2.75) is 0 Å². The lowest BCUT2D eigenvalue weighted by Gasteiger charge is -2.27. The summed E-state index contributed by atoms with van der Waals surface area (Å²) in [5.74, 6) is 0. The van der Waals surface area contributed by atoms with Gasteiger partial charge in [-0.05, 0) is 98.8 Å². The van der Waals surface area contributed by atoms with Gasteiger partial charge >= 0.3 is 0 Å². The normalized spacial score (nSPS) is 11.3. The standard InChI is InChI=1S/C52H36N2/c1-3-12-37(13-4-1)40-22-24-41(25-23-40)43-28-33-46(34-29-43)53(45-31-26-42(27-32-45)38-14-5-2-6-15-38)50-20-11-21-51-52(50)48-18-9-10-19-49(48)54(51)47-35-30-39-16-7-8-17-44(39)36-47/h1-36H. The van der Waals surface area contributed by atoms with Crippen LogP contribution in [0.15, 0.2) is 218 Å². The van der Waals surface area contributed by atoms with Crippen molar-refractivity contribution >= 4 is 49.6 Å². The predicted molar refractivity (Wildman–Crippen MR) is 229 cm³/mol. The summed E-state index contributed by atoms with van der Waals surface area (Å²) in [4.78, 5) is 2.41. The van der Waals surface area contributed by atoms with Crippen LogP contribution in [0.4, 0.5) is 17.1 Å². The Morgan fingerprint density at radius 3 is 1.37 bits per heavy atom. The largest absolute Gasteiger partial charge is 0.310 e. The van der Waals surface area contributed by atoms with E-state index >= 15 is 0 Å². The minimum atomic E-state index is 1.10. The van der Waals surface area contributed by atoms with Gasteiger partial charge in [-0.1, -0.05) is 164 Å². The van der Waals surface area contributed by atoms with E-state index in [0.717, 1.165) is 22.7 Å². The van der Waals surface area contributed by atoms with E-state index in [9.17, 15) is 0 Å². The van der Waals surface area contributed by atoms with Crippen molar-refractivity contribution in [3.63, 3.8) is 0 Å². The molecule has 10 rings (SSSR count). The number of aromatic nitrogens is 1. The Kier molecular flexibility index (Phi) is 7.85. The summed E-state index contributed by atoms with van der Waals surface area (Å²) in [5.41, 5.74) is 14.1. The van der Waals surface area contributed by atoms with E-state index in [4.69, 9.17) is 0 Å². The third kappa shape index (κ3) is 5.62. The first-order chi connectivity index (χ1) is 26.8. The molecule has 0 unspecified atom stereocenters. The van der Waals surface area contributed by atoms with Crippen molar-refractivity contribution in [1.29, 1.82) is 0 Å². The van der Waals surface area contributed by atoms with Crippen LogP contribution in [0, 0.1) is 0 Å². The first-order valence-electron chi connectivity index (χ1n) is 18.5. The molecule has 0 N–H and O–H groups in total. The molecule has 0 aliphatic heterocycles. The lowest BCUT2D eigenvalue weighted by atomic mass is 10.00. The molecule has 1 heterocycles. The number of anilines is 3. The molecular formula is C52H36N2. The van der Waals surface area contributed by atoms with Crippen molar-refractivity contribution in [3.8, 4) is 39.1 Å². The first kappa shape index (κ1) is 31.6. The molecule has 0 saturated carbocycles. The second-order valence-corrected chi connectivity index (χ2v) is 13.8. The average molecular weight is 689 g/mol. The third-order valence-corrected chi connectivity index (χ3v) is 10.6. The zero-order chi connectivity index (χ0) is 35.8. The zero-order valence-corrected chi connectivity index (χ0v) is 29.7. The van der Waals surface area contributed by atoms with E-state index < -0.39 is 0 Å². The van der Waals surface area contributed by atoms with Crippen LogP contribution in [0.1, 0.15) is 0 Å². The van der Waals surface area contributed by atoms with Gasteiger partial charge in [-0.15, -0.1) is 0 Å². The Morgan fingerprint density at radius 2 is 0.778 bits per heavy atom. The molecule has 0 spiro atoms. The van der Waals surface area contributed by atoms with Gasteiger partial charge in [0.25, 0.3) is 0 Å². The monoisotopic (exact) mass is 688 g/mol. The van der Waals surface area contributed by atoms with E-state index in [0.29, 0.717) is 0 Å². The number of para-hydroxylation sites is 1. The van der Waals surface area contributed by atoms with Crippen LogP contribution in [0.2, 0.25) is 0 Å². The Bertz CT molecular complexity index is 2890. The van der Waals surface area contributed by atoms with Crippen LogP contribution in [-0.2, 0) is 0 Å². The van der Waals surface area contributed by atoms with Gasteiger partial charge in [0.1, 0.15) is 0 Å². The first-order valence-corrected chi connectivity index (χ1v) is 18.5. The lowest BCUT2D eigenvalue weighted by molar-refractivity contribution is 1.18. The van der Waals surface area contributed by atoms with Crippen molar-refractivity contribution in [2.24, 2.45) is 0 Å². The van der Waals surface area contributed by atoms with Gasteiger partial charge in [-0.3, -0.25) is 0 Å². The van der Waals surface area contributed by atoms with Crippen LogP contribution < -0.4 is 4.90 Å². The molecular weight excluding hydrogens is 653 g/mol. The van der Waals surface area contributed by atoms with Crippen LogP contribution in [0.3, 0.4) is 0 Å². The second-order valence-electron chi connectivity index (χ2n) is 13.8. The maximum Gasteiger partial charge on any atom is 0.0562 e. The van der Waals surface area contributed by atoms with E-state index in [2.05, 4.69) is 228 Å². The minimum Gasteiger partial charge on any atom is -0.310 e. The van der Waals surface area contributed by atoms with Gasteiger partial charge in [0.2, 0.25) is 0 Å². The minimum absolute atomic E-state index is 1.10. The van der Waals surface area contributed by atoms with E-state index in [1.165, 1.54) is 66.0 Å². The highest BCUT2D eigenvalue weighted by atomic mass is 15.1. The quantitative estimate of drug-likeness (QED) is 0.162. The summed E-state index contributed by atoms with van der Waals surface area (Å²) >= 11 is 0. The molecule has 10 aromatic rings. The summed E-state index contributed by atoms with van der Waals surface area (Å²) in [6.07, 6.45) is 0. The molecule has 0 radical (unpaired) electrons. The molecule has 2 heteroatoms. The number of benzene rings is 9. The molecule has 0 amide bonds. The van der Waals surface area contributed by atoms with Gasteiger partial charge < -0.3 is 9.47 Å². The second kappa shape index (κ2) is 13.4. The van der Waals surface area contributed by atoms with E-state index in [1.54, 1.807) is 0 Å². The van der Waals surface area contributed by atoms with Crippen LogP contribution in [0.5, 0.6) is 0 Å². The lowest BCUT2D eigenvalue weighted by Crippen LogP contribution is -2.10. The number of hydrogen-bond donors (Lipinski definition) is 0. The highest BCUT2D eigenvalue weighted by molar-refractivity contribution is 6.16. The average Bonchev–Trinajstić information content (AvgIpc) is 3.60. The smallest absolute Gasteiger partial charge is 0.0562 e. The Hall–Kier alpha value is -7.16. The molecule has 0 aliphatic rings. The van der Waals surface area contributed by atoms with Gasteiger partial charge in [0, 0.05) is 27.8 Å². The molecule has 9 aromatic carbocycles. The fourth-order valence-electron chi connectivity index (χ4n) is 7.93. The van der Waals surface area contributed by atoms with Crippen molar-refractivity contribution in [3.05, 3.63) is 218 Å². The summed E-state index contributed by atoms with van der Waals surface area (Å²) in [6, 6.07) is 78.9. The molecule has 0 bridgehead atoms. The third-order valence-electron chi connectivity index (χ3n) is 10.6. The van der Waals surface area contributed by atoms with E-state index in [-0.39, 0.29) is 0 Å². The number of nitrogens with zero attached hydrogens (tertiary/aromatic N) is 2. The molecule has 1 aromatic heterocycles. The molecule has 254 valence electrons. The summed E-state index contributed by atoms with van der Waals surface area (Å²) in [5, 5.41) is 4.90. The molecule has 54 heavy (non-hydrogen) atoms. The maximum absolute atomic E-state index is 2.42. The molecule has 0 fully saturated rings. The van der Waals surface area contributed by atoms with Crippen molar-refractivity contribution in [1.82, 2.24) is 4.57 Å². The summed E-state index contributed by atoms with van der Waals surface area (Å²) < 4.78 is 2.42. The van der Waals surface area contributed by atoms with Crippen LogP contribution in [-0.4, -0.2) is 4.57 Å². The Labute approximate surface area is 315 Å². The molecule has 0 atom stereocenters. The zero-order valence-electron chi connectivity index (χ0n) is 29.7. The van der Waals surface area contributed by atoms with E-state index in [1.807, 2.05) is 0 Å². The highest BCUT2D eigenvalue weighted by Gasteiger charge is 2.21.